The fourth-order valence-electron chi connectivity index (χ4n) is 3.69. The molecule has 148 valence electrons. The summed E-state index contributed by atoms with van der Waals surface area (Å²) in [5.74, 6) is -0.0438. The average Bonchev–Trinajstić information content (AvgIpc) is 2.70. The van der Waals surface area contributed by atoms with Gasteiger partial charge in [-0.15, -0.1) is 0 Å². The smallest absolute Gasteiger partial charge is 0.274 e. The van der Waals surface area contributed by atoms with Gasteiger partial charge in [0.1, 0.15) is 10.8 Å². The van der Waals surface area contributed by atoms with Crippen molar-refractivity contribution in [1.82, 2.24) is 15.2 Å². The molecule has 5 nitrogen and oxygen atoms in total. The third-order valence-corrected chi connectivity index (χ3v) is 6.97. The highest BCUT2D eigenvalue weighted by Gasteiger charge is 2.30. The molecule has 0 spiro atoms. The van der Waals surface area contributed by atoms with E-state index < -0.39 is 0 Å². The number of nitrogens with one attached hydrogen (secondary N) is 1. The van der Waals surface area contributed by atoms with Gasteiger partial charge in [0.05, 0.1) is 15.1 Å². The molecule has 27 heavy (non-hydrogen) atoms. The molecule has 2 heterocycles. The van der Waals surface area contributed by atoms with Gasteiger partial charge in [-0.1, -0.05) is 65.7 Å². The van der Waals surface area contributed by atoms with E-state index in [9.17, 15) is 9.59 Å². The molecule has 0 atom stereocenters. The van der Waals surface area contributed by atoms with Crippen molar-refractivity contribution < 1.29 is 9.59 Å². The van der Waals surface area contributed by atoms with E-state index in [0.717, 1.165) is 25.7 Å². The van der Waals surface area contributed by atoms with Gasteiger partial charge in [-0.3, -0.25) is 9.59 Å². The maximum Gasteiger partial charge on any atom is 0.274 e. The summed E-state index contributed by atoms with van der Waals surface area (Å²) in [6, 6.07) is 0.0873. The number of hydrogen-bond acceptors (Lipinski definition) is 3. The van der Waals surface area contributed by atoms with Gasteiger partial charge in [-0.2, -0.15) is 0 Å². The summed E-state index contributed by atoms with van der Waals surface area (Å²) in [7, 11) is 0. The zero-order valence-corrected chi connectivity index (χ0v) is 17.8. The van der Waals surface area contributed by atoms with Crippen molar-refractivity contribution in [2.24, 2.45) is 5.92 Å². The lowest BCUT2D eigenvalue weighted by atomic mass is 9.88. The second-order valence-corrected chi connectivity index (χ2v) is 8.60. The quantitative estimate of drug-likeness (QED) is 0.656. The number of amides is 2. The lowest BCUT2D eigenvalue weighted by molar-refractivity contribution is -0.126. The molecule has 2 amide bonds. The number of nitrogens with zero attached hydrogens (tertiary/aromatic N) is 2. The Kier molecular flexibility index (Phi) is 7.12. The second-order valence-electron chi connectivity index (χ2n) is 7.10. The third-order valence-electron chi connectivity index (χ3n) is 5.29. The second kappa shape index (κ2) is 9.17. The van der Waals surface area contributed by atoms with Crippen LogP contribution in [0.2, 0.25) is 20.2 Å². The first-order valence-electron chi connectivity index (χ1n) is 9.18. The van der Waals surface area contributed by atoms with Gasteiger partial charge in [0.2, 0.25) is 5.91 Å². The molecule has 0 unspecified atom stereocenters. The fraction of sp³-hybridized carbons (Fsp3) is 0.611. The molecule has 0 bridgehead atoms. The van der Waals surface area contributed by atoms with Gasteiger partial charge in [0.25, 0.3) is 5.91 Å². The lowest BCUT2D eigenvalue weighted by Crippen LogP contribution is -2.48. The largest absolute Gasteiger partial charge is 0.353 e. The predicted octanol–water partition coefficient (Wildman–Crippen LogP) is 5.00. The average molecular weight is 453 g/mol. The SMILES string of the molecule is O=C(NC1CCN(C(=O)c2nc(Cl)c(Cl)c(Cl)c2Cl)CC1)C1CCCCC1. The molecule has 1 saturated carbocycles. The van der Waals surface area contributed by atoms with E-state index in [4.69, 9.17) is 46.4 Å². The van der Waals surface area contributed by atoms with E-state index in [-0.39, 0.29) is 49.7 Å². The number of likely N-dealkylation sites (tertiary alicyclic amines) is 1. The number of rotatable bonds is 3. The van der Waals surface area contributed by atoms with Crippen LogP contribution in [0.4, 0.5) is 0 Å². The van der Waals surface area contributed by atoms with Crippen LogP contribution in [0.3, 0.4) is 0 Å². The molecule has 1 aromatic rings. The summed E-state index contributed by atoms with van der Waals surface area (Å²) in [4.78, 5) is 30.8. The van der Waals surface area contributed by atoms with Crippen LogP contribution < -0.4 is 5.32 Å². The summed E-state index contributed by atoms with van der Waals surface area (Å²) in [6.07, 6.45) is 6.82. The Morgan fingerprint density at radius 3 is 2.15 bits per heavy atom. The molecular formula is C18H21Cl4N3O2. The van der Waals surface area contributed by atoms with Gasteiger partial charge in [-0.05, 0) is 25.7 Å². The minimum Gasteiger partial charge on any atom is -0.353 e. The molecule has 1 aliphatic carbocycles. The highest BCUT2D eigenvalue weighted by atomic mass is 35.5. The molecule has 3 rings (SSSR count). The Balaban J connectivity index is 1.57. The lowest BCUT2D eigenvalue weighted by Gasteiger charge is -2.33. The van der Waals surface area contributed by atoms with Crippen molar-refractivity contribution in [3.63, 3.8) is 0 Å². The number of carbonyl (C=O) groups excluding carboxylic acids is 2. The minimum atomic E-state index is -0.336. The van der Waals surface area contributed by atoms with E-state index in [2.05, 4.69) is 10.3 Å². The first kappa shape index (κ1) is 21.0. The number of hydrogen-bond donors (Lipinski definition) is 1. The van der Waals surface area contributed by atoms with Crippen molar-refractivity contribution in [2.45, 2.75) is 51.0 Å². The van der Waals surface area contributed by atoms with Crippen LogP contribution in [-0.2, 0) is 4.79 Å². The van der Waals surface area contributed by atoms with Crippen molar-refractivity contribution in [3.8, 4) is 0 Å². The van der Waals surface area contributed by atoms with Gasteiger partial charge >= 0.3 is 0 Å². The maximum atomic E-state index is 12.7. The van der Waals surface area contributed by atoms with E-state index in [1.807, 2.05) is 0 Å². The van der Waals surface area contributed by atoms with E-state index in [1.165, 1.54) is 6.42 Å². The standard InChI is InChI=1S/C18H21Cl4N3O2/c19-12-13(20)15(24-16(22)14(12)21)18(27)25-8-6-11(7-9-25)23-17(26)10-4-2-1-3-5-10/h10-11H,1-9H2,(H,23,26). The Bertz CT molecular complexity index is 730. The van der Waals surface area contributed by atoms with Gasteiger partial charge in [-0.25, -0.2) is 4.98 Å². The molecule has 1 aromatic heterocycles. The van der Waals surface area contributed by atoms with Crippen LogP contribution in [-0.4, -0.2) is 40.8 Å². The highest BCUT2D eigenvalue weighted by Crippen LogP contribution is 2.36. The molecule has 2 fully saturated rings. The Hall–Kier alpha value is -0.750. The molecular weight excluding hydrogens is 432 g/mol. The molecule has 1 saturated heterocycles. The van der Waals surface area contributed by atoms with Gasteiger partial charge < -0.3 is 10.2 Å². The first-order valence-corrected chi connectivity index (χ1v) is 10.7. The van der Waals surface area contributed by atoms with Crippen molar-refractivity contribution in [1.29, 1.82) is 0 Å². The molecule has 0 radical (unpaired) electrons. The number of carbonyl (C=O) groups is 2. The summed E-state index contributed by atoms with van der Waals surface area (Å²) >= 11 is 24.0. The van der Waals surface area contributed by atoms with Crippen LogP contribution in [0.15, 0.2) is 0 Å². The van der Waals surface area contributed by atoms with Crippen molar-refractivity contribution in [2.75, 3.05) is 13.1 Å². The number of pyridine rings is 1. The summed E-state index contributed by atoms with van der Waals surface area (Å²) in [6.45, 7) is 1.01. The van der Waals surface area contributed by atoms with Gasteiger partial charge in [0, 0.05) is 25.0 Å². The number of piperidine rings is 1. The molecule has 2 aliphatic rings. The van der Waals surface area contributed by atoms with E-state index in [0.29, 0.717) is 25.9 Å². The summed E-state index contributed by atoms with van der Waals surface area (Å²) < 4.78 is 0. The zero-order valence-electron chi connectivity index (χ0n) is 14.7. The Morgan fingerprint density at radius 1 is 0.889 bits per heavy atom. The van der Waals surface area contributed by atoms with Crippen molar-refractivity contribution in [3.05, 3.63) is 25.9 Å². The molecule has 1 N–H and O–H groups in total. The Labute approximate surface area is 178 Å². The van der Waals surface area contributed by atoms with Crippen LogP contribution >= 0.6 is 46.4 Å². The maximum absolute atomic E-state index is 12.7. The Morgan fingerprint density at radius 2 is 1.52 bits per heavy atom. The molecule has 0 aromatic carbocycles. The fourth-order valence-corrected chi connectivity index (χ4v) is 4.50. The van der Waals surface area contributed by atoms with Crippen LogP contribution in [0.25, 0.3) is 0 Å². The number of aromatic nitrogens is 1. The van der Waals surface area contributed by atoms with Crippen molar-refractivity contribution >= 4 is 58.2 Å². The molecule has 9 heteroatoms. The van der Waals surface area contributed by atoms with Gasteiger partial charge in [0.15, 0.2) is 0 Å². The van der Waals surface area contributed by atoms with E-state index in [1.54, 1.807) is 4.90 Å². The monoisotopic (exact) mass is 451 g/mol. The van der Waals surface area contributed by atoms with Crippen LogP contribution in [0, 0.1) is 5.92 Å². The summed E-state index contributed by atoms with van der Waals surface area (Å²) in [5.41, 5.74) is 0.000702. The van der Waals surface area contributed by atoms with Crippen LogP contribution in [0.5, 0.6) is 0 Å². The normalized spacial score (nSPS) is 19.2. The summed E-state index contributed by atoms with van der Waals surface area (Å²) in [5, 5.41) is 3.15. The predicted molar refractivity (Wildman–Crippen MR) is 108 cm³/mol. The minimum absolute atomic E-state index is 0.000702. The van der Waals surface area contributed by atoms with E-state index >= 15 is 0 Å². The zero-order chi connectivity index (χ0) is 19.6. The van der Waals surface area contributed by atoms with Crippen LogP contribution in [0.1, 0.15) is 55.4 Å². The number of halogens is 4. The third kappa shape index (κ3) is 4.81. The highest BCUT2D eigenvalue weighted by molar-refractivity contribution is 6.52. The first-order chi connectivity index (χ1) is 12.9. The molecule has 1 aliphatic heterocycles. The topological polar surface area (TPSA) is 62.3 Å².